The van der Waals surface area contributed by atoms with Crippen LogP contribution in [-0.2, 0) is 0 Å². The summed E-state index contributed by atoms with van der Waals surface area (Å²) < 4.78 is 13.8. The van der Waals surface area contributed by atoms with E-state index in [0.29, 0.717) is 10.0 Å². The van der Waals surface area contributed by atoms with Crippen LogP contribution in [0, 0.1) is 12.7 Å². The van der Waals surface area contributed by atoms with Crippen molar-refractivity contribution in [1.82, 2.24) is 0 Å². The van der Waals surface area contributed by atoms with Crippen molar-refractivity contribution < 1.29 is 14.6 Å². The average Bonchev–Trinajstić information content (AvgIpc) is 2.38. The van der Waals surface area contributed by atoms with Gasteiger partial charge in [0.2, 0.25) is 0 Å². The lowest BCUT2D eigenvalue weighted by Crippen LogP contribution is -2.08. The van der Waals surface area contributed by atoms with Gasteiger partial charge in [-0.2, -0.15) is 0 Å². The van der Waals surface area contributed by atoms with Crippen molar-refractivity contribution >= 4 is 21.6 Å². The first-order chi connectivity index (χ1) is 9.38. The number of aromatic hydroxyl groups is 2. The van der Waals surface area contributed by atoms with Gasteiger partial charge in [0.15, 0.2) is 0 Å². The largest absolute Gasteiger partial charge is 0.508 e. The van der Waals surface area contributed by atoms with Crippen molar-refractivity contribution in [2.45, 2.75) is 19.9 Å². The van der Waals surface area contributed by atoms with Gasteiger partial charge < -0.3 is 15.5 Å². The second-order valence-electron chi connectivity index (χ2n) is 4.69. The van der Waals surface area contributed by atoms with Crippen molar-refractivity contribution in [3.05, 3.63) is 51.7 Å². The second-order valence-corrected chi connectivity index (χ2v) is 5.54. The van der Waals surface area contributed by atoms with E-state index in [9.17, 15) is 14.6 Å². The van der Waals surface area contributed by atoms with Crippen LogP contribution in [0.15, 0.2) is 34.8 Å². The van der Waals surface area contributed by atoms with Crippen LogP contribution in [-0.4, -0.2) is 10.2 Å². The van der Waals surface area contributed by atoms with E-state index < -0.39 is 0 Å². The predicted octanol–water partition coefficient (Wildman–Crippen LogP) is 4.48. The molecule has 0 aliphatic heterocycles. The van der Waals surface area contributed by atoms with Crippen LogP contribution >= 0.6 is 15.9 Å². The molecule has 106 valence electrons. The van der Waals surface area contributed by atoms with E-state index in [2.05, 4.69) is 21.2 Å². The molecule has 0 radical (unpaired) electrons. The van der Waals surface area contributed by atoms with E-state index in [4.69, 9.17) is 0 Å². The van der Waals surface area contributed by atoms with Crippen molar-refractivity contribution in [2.75, 3.05) is 5.32 Å². The standard InChI is InChI=1S/C15H15BrFNO2/c1-8-5-13(17)12(16)7-14(8)18-9(2)11-6-10(19)3-4-15(11)20/h3-7,9,18-20H,1-2H3. The molecule has 3 nitrogen and oxygen atoms in total. The molecule has 0 saturated heterocycles. The third-order valence-corrected chi connectivity index (χ3v) is 3.72. The number of phenolic OH excluding ortho intramolecular Hbond substituents is 2. The van der Waals surface area contributed by atoms with Gasteiger partial charge in [0, 0.05) is 11.3 Å². The Hall–Kier alpha value is -1.75. The number of aryl methyl sites for hydroxylation is 1. The molecule has 1 unspecified atom stereocenters. The maximum atomic E-state index is 13.4. The van der Waals surface area contributed by atoms with E-state index in [1.165, 1.54) is 24.3 Å². The SMILES string of the molecule is Cc1cc(F)c(Br)cc1NC(C)c1cc(O)ccc1O. The summed E-state index contributed by atoms with van der Waals surface area (Å²) in [6.45, 7) is 3.65. The summed E-state index contributed by atoms with van der Waals surface area (Å²) in [5.41, 5.74) is 2.09. The molecule has 2 aromatic carbocycles. The molecule has 0 spiro atoms. The molecule has 0 aliphatic rings. The van der Waals surface area contributed by atoms with Crippen molar-refractivity contribution in [3.63, 3.8) is 0 Å². The first kappa shape index (κ1) is 14.7. The van der Waals surface area contributed by atoms with Gasteiger partial charge in [-0.25, -0.2) is 4.39 Å². The average molecular weight is 340 g/mol. The highest BCUT2D eigenvalue weighted by Crippen LogP contribution is 2.32. The van der Waals surface area contributed by atoms with Crippen molar-refractivity contribution in [1.29, 1.82) is 0 Å². The number of phenols is 2. The smallest absolute Gasteiger partial charge is 0.137 e. The summed E-state index contributed by atoms with van der Waals surface area (Å²) >= 11 is 3.15. The molecule has 0 fully saturated rings. The highest BCUT2D eigenvalue weighted by atomic mass is 79.9. The zero-order chi connectivity index (χ0) is 14.9. The van der Waals surface area contributed by atoms with Crippen molar-refractivity contribution in [3.8, 4) is 11.5 Å². The first-order valence-electron chi connectivity index (χ1n) is 6.12. The van der Waals surface area contributed by atoms with E-state index in [-0.39, 0.29) is 23.4 Å². The van der Waals surface area contributed by atoms with Crippen LogP contribution < -0.4 is 5.32 Å². The molecule has 1 atom stereocenters. The van der Waals surface area contributed by atoms with Crippen LogP contribution in [0.3, 0.4) is 0 Å². The minimum atomic E-state index is -0.319. The van der Waals surface area contributed by atoms with Crippen LogP contribution in [0.2, 0.25) is 0 Å². The van der Waals surface area contributed by atoms with Gasteiger partial charge >= 0.3 is 0 Å². The fourth-order valence-corrected chi connectivity index (χ4v) is 2.34. The molecule has 0 bridgehead atoms. The molecule has 2 rings (SSSR count). The minimum Gasteiger partial charge on any atom is -0.508 e. The maximum Gasteiger partial charge on any atom is 0.137 e. The van der Waals surface area contributed by atoms with E-state index in [1.54, 1.807) is 13.0 Å². The summed E-state index contributed by atoms with van der Waals surface area (Å²) in [7, 11) is 0. The number of rotatable bonds is 3. The Morgan fingerprint density at radius 1 is 1.20 bits per heavy atom. The molecular weight excluding hydrogens is 325 g/mol. The maximum absolute atomic E-state index is 13.4. The molecule has 0 saturated carbocycles. The molecule has 0 heterocycles. The Kier molecular flexibility index (Phi) is 4.18. The lowest BCUT2D eigenvalue weighted by atomic mass is 10.1. The summed E-state index contributed by atoms with van der Waals surface area (Å²) in [6.07, 6.45) is 0. The summed E-state index contributed by atoms with van der Waals surface area (Å²) in [4.78, 5) is 0. The fraction of sp³-hybridized carbons (Fsp3) is 0.200. The Balaban J connectivity index is 2.30. The Morgan fingerprint density at radius 3 is 2.60 bits per heavy atom. The topological polar surface area (TPSA) is 52.5 Å². The molecule has 0 aromatic heterocycles. The van der Waals surface area contributed by atoms with Gasteiger partial charge in [-0.05, 0) is 65.7 Å². The highest BCUT2D eigenvalue weighted by Gasteiger charge is 2.13. The van der Waals surface area contributed by atoms with Crippen LogP contribution in [0.1, 0.15) is 24.1 Å². The normalized spacial score (nSPS) is 12.2. The second kappa shape index (κ2) is 5.71. The van der Waals surface area contributed by atoms with Gasteiger partial charge in [0.1, 0.15) is 17.3 Å². The molecule has 0 amide bonds. The first-order valence-corrected chi connectivity index (χ1v) is 6.92. The van der Waals surface area contributed by atoms with Crippen molar-refractivity contribution in [2.24, 2.45) is 0 Å². The Morgan fingerprint density at radius 2 is 1.90 bits per heavy atom. The number of hydrogen-bond donors (Lipinski definition) is 3. The summed E-state index contributed by atoms with van der Waals surface area (Å²) in [5.74, 6) is -0.133. The molecular formula is C15H15BrFNO2. The Bertz CT molecular complexity index is 646. The summed E-state index contributed by atoms with van der Waals surface area (Å²) in [6, 6.07) is 7.21. The van der Waals surface area contributed by atoms with E-state index in [1.807, 2.05) is 6.92 Å². The van der Waals surface area contributed by atoms with Crippen LogP contribution in [0.4, 0.5) is 10.1 Å². The van der Waals surface area contributed by atoms with Gasteiger partial charge in [0.05, 0.1) is 10.5 Å². The number of halogens is 2. The lowest BCUT2D eigenvalue weighted by Gasteiger charge is -2.19. The van der Waals surface area contributed by atoms with Gasteiger partial charge in [-0.1, -0.05) is 0 Å². The van der Waals surface area contributed by atoms with E-state index in [0.717, 1.165) is 11.3 Å². The molecule has 20 heavy (non-hydrogen) atoms. The third kappa shape index (κ3) is 3.04. The summed E-state index contributed by atoms with van der Waals surface area (Å²) in [5, 5.41) is 22.5. The number of benzene rings is 2. The lowest BCUT2D eigenvalue weighted by molar-refractivity contribution is 0.451. The van der Waals surface area contributed by atoms with Gasteiger partial charge in [-0.3, -0.25) is 0 Å². The van der Waals surface area contributed by atoms with E-state index >= 15 is 0 Å². The minimum absolute atomic E-state index is 0.0865. The number of nitrogens with one attached hydrogen (secondary N) is 1. The highest BCUT2D eigenvalue weighted by molar-refractivity contribution is 9.10. The zero-order valence-corrected chi connectivity index (χ0v) is 12.7. The monoisotopic (exact) mass is 339 g/mol. The van der Waals surface area contributed by atoms with Gasteiger partial charge in [-0.15, -0.1) is 0 Å². The number of anilines is 1. The quantitative estimate of drug-likeness (QED) is 0.722. The van der Waals surface area contributed by atoms with Gasteiger partial charge in [0.25, 0.3) is 0 Å². The number of hydrogen-bond acceptors (Lipinski definition) is 3. The van der Waals surface area contributed by atoms with Crippen LogP contribution in [0.25, 0.3) is 0 Å². The molecule has 3 N–H and O–H groups in total. The Labute approximate surface area is 125 Å². The zero-order valence-electron chi connectivity index (χ0n) is 11.1. The van der Waals surface area contributed by atoms with Crippen LogP contribution in [0.5, 0.6) is 11.5 Å². The molecule has 0 aliphatic carbocycles. The molecule has 5 heteroatoms. The third-order valence-electron chi connectivity index (χ3n) is 3.12. The fourth-order valence-electron chi connectivity index (χ4n) is 2.00. The molecule has 2 aromatic rings. The predicted molar refractivity (Wildman–Crippen MR) is 80.6 cm³/mol.